The van der Waals surface area contributed by atoms with Crippen LogP contribution in [0, 0.1) is 6.92 Å². The van der Waals surface area contributed by atoms with E-state index in [1.165, 1.54) is 37.7 Å². The number of nitrogens with zero attached hydrogens (tertiary/aromatic N) is 1. The predicted octanol–water partition coefficient (Wildman–Crippen LogP) is 6.89. The van der Waals surface area contributed by atoms with Crippen LogP contribution in [-0.4, -0.2) is 23.3 Å². The first-order valence-electron chi connectivity index (χ1n) is 11.9. The van der Waals surface area contributed by atoms with Crippen molar-refractivity contribution >= 4 is 22.7 Å². The Morgan fingerprint density at radius 2 is 1.74 bits per heavy atom. The summed E-state index contributed by atoms with van der Waals surface area (Å²) in [5.74, 6) is 1.14. The number of Topliss-reactive ketones (excluding diaryl/α,β-unsaturated/α-hetero) is 1. The van der Waals surface area contributed by atoms with Gasteiger partial charge in [-0.1, -0.05) is 61.7 Å². The van der Waals surface area contributed by atoms with E-state index >= 15 is 0 Å². The van der Waals surface area contributed by atoms with Crippen molar-refractivity contribution < 1.29 is 18.7 Å². The number of aromatic nitrogens is 1. The van der Waals surface area contributed by atoms with Crippen LogP contribution in [0.25, 0.3) is 22.4 Å². The van der Waals surface area contributed by atoms with Gasteiger partial charge in [0.05, 0.1) is 11.1 Å². The summed E-state index contributed by atoms with van der Waals surface area (Å²) in [5.41, 5.74) is 3.40. The van der Waals surface area contributed by atoms with Gasteiger partial charge in [-0.2, -0.15) is 0 Å². The van der Waals surface area contributed by atoms with Crippen LogP contribution in [0.4, 0.5) is 0 Å². The standard InChI is InChI=1S/C29H27NO4/c1-19-11-16-28(34-19)26-17-24(23-9-5-6-10-25(23)30-26)29(32)33-18-27(31)22-14-12-21(13-15-22)20-7-3-2-4-8-20/h5-6,9-17,20H,2-4,7-8,18H2,1H3. The molecule has 0 unspecified atom stereocenters. The fourth-order valence-electron chi connectivity index (χ4n) is 4.71. The van der Waals surface area contributed by atoms with Crippen molar-refractivity contribution in [3.63, 3.8) is 0 Å². The second kappa shape index (κ2) is 9.64. The number of carbonyl (C=O) groups excluding carboxylic acids is 2. The van der Waals surface area contributed by atoms with Gasteiger partial charge in [-0.15, -0.1) is 0 Å². The molecule has 0 N–H and O–H groups in total. The van der Waals surface area contributed by atoms with Crippen LogP contribution < -0.4 is 0 Å². The van der Waals surface area contributed by atoms with E-state index in [2.05, 4.69) is 4.98 Å². The number of hydrogen-bond acceptors (Lipinski definition) is 5. The SMILES string of the molecule is Cc1ccc(-c2cc(C(=O)OCC(=O)c3ccc(C4CCCCC4)cc3)c3ccccc3n2)o1. The maximum atomic E-state index is 13.0. The summed E-state index contributed by atoms with van der Waals surface area (Å²) in [6.45, 7) is 1.54. The molecule has 5 heteroatoms. The minimum Gasteiger partial charge on any atom is -0.460 e. The van der Waals surface area contributed by atoms with Crippen LogP contribution in [0.15, 0.2) is 71.1 Å². The molecule has 2 aromatic carbocycles. The highest BCUT2D eigenvalue weighted by Gasteiger charge is 2.19. The van der Waals surface area contributed by atoms with Gasteiger partial charge in [0.25, 0.3) is 0 Å². The lowest BCUT2D eigenvalue weighted by Gasteiger charge is -2.22. The largest absolute Gasteiger partial charge is 0.460 e. The monoisotopic (exact) mass is 453 g/mol. The van der Waals surface area contributed by atoms with Crippen LogP contribution in [0.3, 0.4) is 0 Å². The fourth-order valence-corrected chi connectivity index (χ4v) is 4.71. The first-order valence-corrected chi connectivity index (χ1v) is 11.9. The van der Waals surface area contributed by atoms with Crippen LogP contribution in [0.1, 0.15) is 70.1 Å². The number of aryl methyl sites for hydroxylation is 1. The van der Waals surface area contributed by atoms with Crippen molar-refractivity contribution in [2.45, 2.75) is 44.9 Å². The summed E-state index contributed by atoms with van der Waals surface area (Å²) >= 11 is 0. The lowest BCUT2D eigenvalue weighted by molar-refractivity contribution is 0.0476. The van der Waals surface area contributed by atoms with Crippen molar-refractivity contribution in [3.05, 3.63) is 89.2 Å². The molecule has 0 aliphatic heterocycles. The van der Waals surface area contributed by atoms with Gasteiger partial charge in [0.1, 0.15) is 11.5 Å². The van der Waals surface area contributed by atoms with Gasteiger partial charge in [-0.05, 0) is 55.5 Å². The third-order valence-corrected chi connectivity index (χ3v) is 6.57. The maximum absolute atomic E-state index is 13.0. The van der Waals surface area contributed by atoms with Gasteiger partial charge in [-0.3, -0.25) is 4.79 Å². The van der Waals surface area contributed by atoms with E-state index < -0.39 is 5.97 Å². The van der Waals surface area contributed by atoms with E-state index in [4.69, 9.17) is 9.15 Å². The Hall–Kier alpha value is -3.73. The van der Waals surface area contributed by atoms with Gasteiger partial charge in [0.2, 0.25) is 0 Å². The molecule has 5 nitrogen and oxygen atoms in total. The third kappa shape index (κ3) is 4.65. The van der Waals surface area contributed by atoms with E-state index in [1.54, 1.807) is 6.07 Å². The lowest BCUT2D eigenvalue weighted by atomic mass is 9.84. The van der Waals surface area contributed by atoms with E-state index in [9.17, 15) is 9.59 Å². The van der Waals surface area contributed by atoms with Gasteiger partial charge in [0, 0.05) is 10.9 Å². The molecule has 0 atom stereocenters. The zero-order valence-electron chi connectivity index (χ0n) is 19.3. The van der Waals surface area contributed by atoms with E-state index in [-0.39, 0.29) is 12.4 Å². The molecule has 1 aliphatic rings. The Labute approximate surface area is 198 Å². The topological polar surface area (TPSA) is 69.4 Å². The number of benzene rings is 2. The molecule has 2 heterocycles. The molecule has 0 amide bonds. The van der Waals surface area contributed by atoms with Gasteiger partial charge < -0.3 is 9.15 Å². The number of esters is 1. The van der Waals surface area contributed by atoms with E-state index in [1.807, 2.05) is 67.6 Å². The molecule has 172 valence electrons. The molecule has 0 spiro atoms. The number of hydrogen-bond donors (Lipinski definition) is 0. The van der Waals surface area contributed by atoms with Crippen LogP contribution >= 0.6 is 0 Å². The molecule has 4 aromatic rings. The molecule has 34 heavy (non-hydrogen) atoms. The summed E-state index contributed by atoms with van der Waals surface area (Å²) in [4.78, 5) is 30.4. The van der Waals surface area contributed by atoms with Crippen molar-refractivity contribution in [1.29, 1.82) is 0 Å². The zero-order chi connectivity index (χ0) is 23.5. The minimum atomic E-state index is -0.560. The van der Waals surface area contributed by atoms with Gasteiger partial charge in [-0.25, -0.2) is 9.78 Å². The smallest absolute Gasteiger partial charge is 0.339 e. The summed E-state index contributed by atoms with van der Waals surface area (Å²) in [7, 11) is 0. The number of para-hydroxylation sites is 1. The molecule has 1 fully saturated rings. The highest BCUT2D eigenvalue weighted by molar-refractivity contribution is 6.06. The molecular formula is C29H27NO4. The summed E-state index contributed by atoms with van der Waals surface area (Å²) in [6.07, 6.45) is 6.28. The first-order chi connectivity index (χ1) is 16.6. The quantitative estimate of drug-likeness (QED) is 0.235. The number of ketones is 1. The highest BCUT2D eigenvalue weighted by Crippen LogP contribution is 2.32. The number of fused-ring (bicyclic) bond motifs is 1. The van der Waals surface area contributed by atoms with Crippen LogP contribution in [0.5, 0.6) is 0 Å². The second-order valence-corrected chi connectivity index (χ2v) is 8.94. The zero-order valence-corrected chi connectivity index (χ0v) is 19.3. The van der Waals surface area contributed by atoms with E-state index in [0.29, 0.717) is 39.4 Å². The molecular weight excluding hydrogens is 426 g/mol. The Morgan fingerprint density at radius 1 is 0.971 bits per heavy atom. The Balaban J connectivity index is 1.32. The first kappa shape index (κ1) is 22.1. The summed E-state index contributed by atoms with van der Waals surface area (Å²) < 4.78 is 11.1. The van der Waals surface area contributed by atoms with Crippen molar-refractivity contribution in [2.75, 3.05) is 6.61 Å². The van der Waals surface area contributed by atoms with Crippen LogP contribution in [0.2, 0.25) is 0 Å². The summed E-state index contributed by atoms with van der Waals surface area (Å²) in [5, 5.41) is 0.670. The summed E-state index contributed by atoms with van der Waals surface area (Å²) in [6, 6.07) is 20.5. The van der Waals surface area contributed by atoms with Crippen molar-refractivity contribution in [3.8, 4) is 11.5 Å². The second-order valence-electron chi connectivity index (χ2n) is 8.94. The fraction of sp³-hybridized carbons (Fsp3) is 0.276. The molecule has 1 aliphatic carbocycles. The average molecular weight is 454 g/mol. The Bertz CT molecular complexity index is 1330. The van der Waals surface area contributed by atoms with Crippen molar-refractivity contribution in [2.24, 2.45) is 0 Å². The minimum absolute atomic E-state index is 0.219. The highest BCUT2D eigenvalue weighted by atomic mass is 16.5. The predicted molar refractivity (Wildman–Crippen MR) is 131 cm³/mol. The average Bonchev–Trinajstić information content (AvgIpc) is 3.33. The number of pyridine rings is 1. The third-order valence-electron chi connectivity index (χ3n) is 6.57. The number of ether oxygens (including phenoxy) is 1. The molecule has 5 rings (SSSR count). The number of rotatable bonds is 6. The van der Waals surface area contributed by atoms with Crippen molar-refractivity contribution in [1.82, 2.24) is 4.98 Å². The number of furan rings is 1. The van der Waals surface area contributed by atoms with Gasteiger partial charge in [0.15, 0.2) is 18.2 Å². The Kier molecular flexibility index (Phi) is 6.26. The normalized spacial score (nSPS) is 14.3. The number of carbonyl (C=O) groups is 2. The van der Waals surface area contributed by atoms with Crippen LogP contribution in [-0.2, 0) is 4.74 Å². The molecule has 0 radical (unpaired) electrons. The molecule has 2 aromatic heterocycles. The van der Waals surface area contributed by atoms with E-state index in [0.717, 1.165) is 5.76 Å². The lowest BCUT2D eigenvalue weighted by Crippen LogP contribution is -2.15. The molecule has 0 saturated heterocycles. The van der Waals surface area contributed by atoms with Gasteiger partial charge >= 0.3 is 5.97 Å². The maximum Gasteiger partial charge on any atom is 0.339 e. The molecule has 0 bridgehead atoms. The molecule has 1 saturated carbocycles. The Morgan fingerprint density at radius 3 is 2.47 bits per heavy atom.